The van der Waals surface area contributed by atoms with Gasteiger partial charge in [0, 0.05) is 29.8 Å². The predicted octanol–water partition coefficient (Wildman–Crippen LogP) is 4.23. The van der Waals surface area contributed by atoms with Crippen LogP contribution in [0.3, 0.4) is 0 Å². The highest BCUT2D eigenvalue weighted by molar-refractivity contribution is 6.31. The molecule has 1 N–H and O–H groups in total. The summed E-state index contributed by atoms with van der Waals surface area (Å²) in [5.74, 6) is 0.497. The van der Waals surface area contributed by atoms with Gasteiger partial charge in [-0.05, 0) is 48.7 Å². The summed E-state index contributed by atoms with van der Waals surface area (Å²) in [7, 11) is 0. The Morgan fingerprint density at radius 2 is 2.15 bits per heavy atom. The number of rotatable bonds is 4. The van der Waals surface area contributed by atoms with Crippen molar-refractivity contribution in [1.29, 1.82) is 0 Å². The summed E-state index contributed by atoms with van der Waals surface area (Å²) in [6.45, 7) is 4.57. The van der Waals surface area contributed by atoms with Crippen LogP contribution in [0.2, 0.25) is 5.02 Å². The molecular formula is C20H21ClN2O3. The van der Waals surface area contributed by atoms with Crippen LogP contribution in [0.1, 0.15) is 17.5 Å². The molecule has 4 rings (SSSR count). The number of anilines is 1. The first-order valence-electron chi connectivity index (χ1n) is 8.77. The lowest BCUT2D eigenvalue weighted by Gasteiger charge is -2.27. The van der Waals surface area contributed by atoms with Crippen LogP contribution in [-0.4, -0.2) is 36.3 Å². The van der Waals surface area contributed by atoms with E-state index in [2.05, 4.69) is 10.2 Å². The van der Waals surface area contributed by atoms with E-state index in [1.807, 2.05) is 31.2 Å². The summed E-state index contributed by atoms with van der Waals surface area (Å²) < 4.78 is 10.9. The summed E-state index contributed by atoms with van der Waals surface area (Å²) >= 11 is 6.39. The second-order valence-corrected chi connectivity index (χ2v) is 7.25. The van der Waals surface area contributed by atoms with Crippen LogP contribution in [0.5, 0.6) is 5.75 Å². The van der Waals surface area contributed by atoms with E-state index in [-0.39, 0.29) is 0 Å². The fourth-order valence-electron chi connectivity index (χ4n) is 3.60. The van der Waals surface area contributed by atoms with Gasteiger partial charge in [0.2, 0.25) is 0 Å². The highest BCUT2D eigenvalue weighted by atomic mass is 35.5. The van der Waals surface area contributed by atoms with Gasteiger partial charge in [0.05, 0.1) is 12.7 Å². The third-order valence-corrected chi connectivity index (χ3v) is 5.43. The summed E-state index contributed by atoms with van der Waals surface area (Å²) in [6, 6.07) is 13.2. The van der Waals surface area contributed by atoms with Gasteiger partial charge in [-0.1, -0.05) is 29.8 Å². The molecule has 2 bridgehead atoms. The lowest BCUT2D eigenvalue weighted by molar-refractivity contribution is 0.0272. The second-order valence-electron chi connectivity index (χ2n) is 6.84. The first-order valence-corrected chi connectivity index (χ1v) is 9.15. The minimum Gasteiger partial charge on any atom is -0.410 e. The topological polar surface area (TPSA) is 50.8 Å². The highest BCUT2D eigenvalue weighted by Gasteiger charge is 2.38. The Hall–Kier alpha value is -2.08. The van der Waals surface area contributed by atoms with Gasteiger partial charge in [-0.3, -0.25) is 10.2 Å². The molecule has 2 fully saturated rings. The first-order chi connectivity index (χ1) is 12.6. The van der Waals surface area contributed by atoms with Gasteiger partial charge in [-0.15, -0.1) is 0 Å². The molecule has 0 radical (unpaired) electrons. The third kappa shape index (κ3) is 3.70. The zero-order valence-electron chi connectivity index (χ0n) is 14.6. The standard InChI is InChI=1S/C20H21ClN2O3/c1-13-14(10-23-11-18-9-16(23)12-25-18)7-15(8-19(13)21)22-20(24)26-17-5-3-2-4-6-17/h2-8,16,18H,9-12H2,1H3,(H,22,24). The molecule has 136 valence electrons. The maximum atomic E-state index is 12.1. The summed E-state index contributed by atoms with van der Waals surface area (Å²) in [5.41, 5.74) is 2.79. The molecule has 2 aromatic carbocycles. The quantitative estimate of drug-likeness (QED) is 0.872. The number of amides is 1. The third-order valence-electron chi connectivity index (χ3n) is 5.04. The summed E-state index contributed by atoms with van der Waals surface area (Å²) in [5, 5.41) is 3.41. The Balaban J connectivity index is 1.46. The van der Waals surface area contributed by atoms with Gasteiger partial charge in [0.25, 0.3) is 0 Å². The number of carbonyl (C=O) groups is 1. The van der Waals surface area contributed by atoms with E-state index in [0.717, 1.165) is 37.2 Å². The maximum absolute atomic E-state index is 12.1. The van der Waals surface area contributed by atoms with Crippen LogP contribution in [0, 0.1) is 6.92 Å². The van der Waals surface area contributed by atoms with Gasteiger partial charge in [-0.2, -0.15) is 0 Å². The Bertz CT molecular complexity index is 812. The molecule has 0 saturated carbocycles. The van der Waals surface area contributed by atoms with E-state index < -0.39 is 6.09 Å². The molecule has 2 atom stereocenters. The fourth-order valence-corrected chi connectivity index (χ4v) is 3.84. The van der Waals surface area contributed by atoms with Crippen molar-refractivity contribution in [2.45, 2.75) is 32.0 Å². The molecule has 5 nitrogen and oxygen atoms in total. The number of hydrogen-bond acceptors (Lipinski definition) is 4. The van der Waals surface area contributed by atoms with Crippen molar-refractivity contribution in [3.05, 3.63) is 58.6 Å². The molecule has 6 heteroatoms. The largest absolute Gasteiger partial charge is 0.417 e. The number of para-hydroxylation sites is 1. The monoisotopic (exact) mass is 372 g/mol. The number of carbonyl (C=O) groups excluding carboxylic acids is 1. The van der Waals surface area contributed by atoms with E-state index in [1.54, 1.807) is 18.2 Å². The fraction of sp³-hybridized carbons (Fsp3) is 0.350. The van der Waals surface area contributed by atoms with Crippen molar-refractivity contribution in [1.82, 2.24) is 4.90 Å². The number of benzene rings is 2. The predicted molar refractivity (Wildman–Crippen MR) is 101 cm³/mol. The number of ether oxygens (including phenoxy) is 2. The maximum Gasteiger partial charge on any atom is 0.417 e. The van der Waals surface area contributed by atoms with Crippen LogP contribution in [-0.2, 0) is 11.3 Å². The van der Waals surface area contributed by atoms with Gasteiger partial charge in [0.1, 0.15) is 5.75 Å². The molecule has 0 aliphatic carbocycles. The first kappa shape index (κ1) is 17.3. The number of morpholine rings is 1. The Kier molecular flexibility index (Phi) is 4.85. The van der Waals surface area contributed by atoms with Crippen molar-refractivity contribution in [2.24, 2.45) is 0 Å². The second kappa shape index (κ2) is 7.27. The number of nitrogens with zero attached hydrogens (tertiary/aromatic N) is 1. The van der Waals surface area contributed by atoms with Crippen molar-refractivity contribution >= 4 is 23.4 Å². The number of hydrogen-bond donors (Lipinski definition) is 1. The molecule has 2 aliphatic heterocycles. The average Bonchev–Trinajstić information content (AvgIpc) is 3.23. The van der Waals surface area contributed by atoms with Crippen LogP contribution < -0.4 is 10.1 Å². The number of fused-ring (bicyclic) bond motifs is 2. The Morgan fingerprint density at radius 1 is 1.35 bits per heavy atom. The summed E-state index contributed by atoms with van der Waals surface area (Å²) in [4.78, 5) is 14.6. The van der Waals surface area contributed by atoms with Gasteiger partial charge < -0.3 is 9.47 Å². The molecule has 1 amide bonds. The lowest BCUT2D eigenvalue weighted by atomic mass is 10.1. The minimum atomic E-state index is -0.532. The minimum absolute atomic E-state index is 0.359. The van der Waals surface area contributed by atoms with E-state index in [1.165, 1.54) is 0 Å². The molecule has 2 heterocycles. The smallest absolute Gasteiger partial charge is 0.410 e. The molecule has 2 unspecified atom stereocenters. The molecule has 2 saturated heterocycles. The Labute approximate surface area is 157 Å². The molecule has 26 heavy (non-hydrogen) atoms. The number of nitrogens with one attached hydrogen (secondary N) is 1. The zero-order chi connectivity index (χ0) is 18.1. The molecule has 0 spiro atoms. The van der Waals surface area contributed by atoms with Gasteiger partial charge in [0.15, 0.2) is 0 Å². The molecule has 0 aromatic heterocycles. The van der Waals surface area contributed by atoms with Crippen LogP contribution in [0.15, 0.2) is 42.5 Å². The van der Waals surface area contributed by atoms with E-state index >= 15 is 0 Å². The van der Waals surface area contributed by atoms with Gasteiger partial charge in [-0.25, -0.2) is 4.79 Å². The normalized spacial score (nSPS) is 21.8. The van der Waals surface area contributed by atoms with Crippen molar-refractivity contribution in [3.63, 3.8) is 0 Å². The SMILES string of the molecule is Cc1c(Cl)cc(NC(=O)Oc2ccccc2)cc1CN1CC2CC1CO2. The number of halogens is 1. The highest BCUT2D eigenvalue weighted by Crippen LogP contribution is 2.32. The molecule has 2 aromatic rings. The van der Waals surface area contributed by atoms with Gasteiger partial charge >= 0.3 is 6.09 Å². The Morgan fingerprint density at radius 3 is 2.85 bits per heavy atom. The van der Waals surface area contributed by atoms with Crippen LogP contribution >= 0.6 is 11.6 Å². The van der Waals surface area contributed by atoms with E-state index in [4.69, 9.17) is 21.1 Å². The van der Waals surface area contributed by atoms with Crippen molar-refractivity contribution in [3.8, 4) is 5.75 Å². The number of likely N-dealkylation sites (tertiary alicyclic amines) is 1. The van der Waals surface area contributed by atoms with Crippen LogP contribution in [0.4, 0.5) is 10.5 Å². The molecular weight excluding hydrogens is 352 g/mol. The van der Waals surface area contributed by atoms with E-state index in [0.29, 0.717) is 28.6 Å². The summed E-state index contributed by atoms with van der Waals surface area (Å²) in [6.07, 6.45) is 0.933. The average molecular weight is 373 g/mol. The van der Waals surface area contributed by atoms with Crippen LogP contribution in [0.25, 0.3) is 0 Å². The zero-order valence-corrected chi connectivity index (χ0v) is 15.3. The van der Waals surface area contributed by atoms with Crippen molar-refractivity contribution < 1.29 is 14.3 Å². The lowest BCUT2D eigenvalue weighted by Crippen LogP contribution is -2.36. The van der Waals surface area contributed by atoms with Crippen molar-refractivity contribution in [2.75, 3.05) is 18.5 Å². The van der Waals surface area contributed by atoms with E-state index in [9.17, 15) is 4.79 Å². The molecule has 2 aliphatic rings.